The molecular formula is C13H20BrNO. The number of halogens is 1. The first-order valence-electron chi connectivity index (χ1n) is 5.89. The Morgan fingerprint density at radius 1 is 1.25 bits per heavy atom. The van der Waals surface area contributed by atoms with Crippen LogP contribution >= 0.6 is 15.9 Å². The molecule has 0 saturated heterocycles. The second kappa shape index (κ2) is 7.69. The molecule has 1 aromatic carbocycles. The number of hydrogen-bond donors (Lipinski definition) is 1. The van der Waals surface area contributed by atoms with Crippen molar-refractivity contribution in [3.63, 3.8) is 0 Å². The molecule has 0 aliphatic heterocycles. The first-order valence-corrected chi connectivity index (χ1v) is 6.68. The van der Waals surface area contributed by atoms with E-state index in [4.69, 9.17) is 5.11 Å². The third-order valence-corrected chi connectivity index (χ3v) is 3.13. The fourth-order valence-corrected chi connectivity index (χ4v) is 2.12. The van der Waals surface area contributed by atoms with E-state index in [0.29, 0.717) is 6.61 Å². The highest BCUT2D eigenvalue weighted by Gasteiger charge is 2.03. The molecule has 0 spiro atoms. The van der Waals surface area contributed by atoms with Gasteiger partial charge < -0.3 is 10.0 Å². The fraction of sp³-hybridized carbons (Fsp3) is 0.538. The smallest absolute Gasteiger partial charge is 0.0431 e. The van der Waals surface area contributed by atoms with E-state index in [9.17, 15) is 0 Å². The third-order valence-electron chi connectivity index (χ3n) is 2.64. The van der Waals surface area contributed by atoms with E-state index >= 15 is 0 Å². The summed E-state index contributed by atoms with van der Waals surface area (Å²) in [6.07, 6.45) is 3.15. The van der Waals surface area contributed by atoms with E-state index < -0.39 is 0 Å². The van der Waals surface area contributed by atoms with Crippen molar-refractivity contribution >= 4 is 21.6 Å². The van der Waals surface area contributed by atoms with Crippen molar-refractivity contribution < 1.29 is 5.11 Å². The van der Waals surface area contributed by atoms with Crippen molar-refractivity contribution in [1.29, 1.82) is 0 Å². The summed E-state index contributed by atoms with van der Waals surface area (Å²) >= 11 is 3.49. The van der Waals surface area contributed by atoms with Crippen LogP contribution in [-0.2, 0) is 0 Å². The molecule has 0 bridgehead atoms. The Morgan fingerprint density at radius 3 is 2.69 bits per heavy atom. The van der Waals surface area contributed by atoms with Gasteiger partial charge in [-0.3, -0.25) is 0 Å². The van der Waals surface area contributed by atoms with Crippen LogP contribution in [0.5, 0.6) is 0 Å². The summed E-state index contributed by atoms with van der Waals surface area (Å²) in [4.78, 5) is 2.36. The maximum absolute atomic E-state index is 8.72. The molecule has 0 saturated carbocycles. The number of benzene rings is 1. The number of rotatable bonds is 7. The van der Waals surface area contributed by atoms with E-state index in [-0.39, 0.29) is 0 Å². The average molecular weight is 286 g/mol. The lowest BCUT2D eigenvalue weighted by Crippen LogP contribution is -2.23. The van der Waals surface area contributed by atoms with E-state index in [1.807, 2.05) is 6.07 Å². The summed E-state index contributed by atoms with van der Waals surface area (Å²) in [7, 11) is 0. The van der Waals surface area contributed by atoms with Gasteiger partial charge >= 0.3 is 0 Å². The molecule has 1 N–H and O–H groups in total. The van der Waals surface area contributed by atoms with Crippen LogP contribution in [0.3, 0.4) is 0 Å². The zero-order valence-corrected chi connectivity index (χ0v) is 11.4. The summed E-state index contributed by atoms with van der Waals surface area (Å²) in [5.41, 5.74) is 1.26. The first-order chi connectivity index (χ1) is 7.77. The molecule has 0 amide bonds. The predicted molar refractivity (Wildman–Crippen MR) is 73.0 cm³/mol. The molecular weight excluding hydrogens is 266 g/mol. The van der Waals surface area contributed by atoms with Gasteiger partial charge in [-0.2, -0.15) is 0 Å². The van der Waals surface area contributed by atoms with Crippen LogP contribution in [0.15, 0.2) is 28.7 Å². The van der Waals surface area contributed by atoms with E-state index in [0.717, 1.165) is 36.8 Å². The molecule has 0 radical (unpaired) electrons. The molecule has 0 aliphatic carbocycles. The summed E-state index contributed by atoms with van der Waals surface area (Å²) in [5.74, 6) is 0. The Morgan fingerprint density at radius 2 is 2.06 bits per heavy atom. The molecule has 0 heterocycles. The Labute approximate surface area is 106 Å². The summed E-state index contributed by atoms with van der Waals surface area (Å²) in [6, 6.07) is 8.40. The zero-order chi connectivity index (χ0) is 11.8. The highest BCUT2D eigenvalue weighted by Crippen LogP contribution is 2.20. The first kappa shape index (κ1) is 13.5. The predicted octanol–water partition coefficient (Wildman–Crippen LogP) is 3.44. The number of hydrogen-bond acceptors (Lipinski definition) is 2. The van der Waals surface area contributed by atoms with Gasteiger partial charge in [-0.05, 0) is 44.4 Å². The molecule has 0 unspecified atom stereocenters. The van der Waals surface area contributed by atoms with Crippen LogP contribution in [0.25, 0.3) is 0 Å². The molecule has 16 heavy (non-hydrogen) atoms. The topological polar surface area (TPSA) is 23.5 Å². The van der Waals surface area contributed by atoms with Crippen LogP contribution in [0.1, 0.15) is 26.2 Å². The van der Waals surface area contributed by atoms with Crippen molar-refractivity contribution in [2.45, 2.75) is 26.2 Å². The van der Waals surface area contributed by atoms with Gasteiger partial charge in [-0.15, -0.1) is 0 Å². The van der Waals surface area contributed by atoms with E-state index in [1.54, 1.807) is 0 Å². The molecule has 0 aromatic heterocycles. The number of anilines is 1. The summed E-state index contributed by atoms with van der Waals surface area (Å²) in [5, 5.41) is 8.72. The van der Waals surface area contributed by atoms with Gasteiger partial charge in [0.05, 0.1) is 0 Å². The summed E-state index contributed by atoms with van der Waals surface area (Å²) < 4.78 is 1.12. The maximum atomic E-state index is 8.72. The zero-order valence-electron chi connectivity index (χ0n) is 9.82. The largest absolute Gasteiger partial charge is 0.396 e. The van der Waals surface area contributed by atoms with E-state index in [2.05, 4.69) is 46.0 Å². The van der Waals surface area contributed by atoms with Crippen LogP contribution < -0.4 is 4.90 Å². The SMILES string of the molecule is CCN(CCCCCO)c1cccc(Br)c1. The number of nitrogens with zero attached hydrogens (tertiary/aromatic N) is 1. The lowest BCUT2D eigenvalue weighted by atomic mass is 10.2. The minimum Gasteiger partial charge on any atom is -0.396 e. The van der Waals surface area contributed by atoms with E-state index in [1.165, 1.54) is 5.69 Å². The van der Waals surface area contributed by atoms with Gasteiger partial charge in [0.25, 0.3) is 0 Å². The van der Waals surface area contributed by atoms with Crippen molar-refractivity contribution in [1.82, 2.24) is 0 Å². The van der Waals surface area contributed by atoms with Gasteiger partial charge in [-0.25, -0.2) is 0 Å². The van der Waals surface area contributed by atoms with Crippen LogP contribution in [0, 0.1) is 0 Å². The highest BCUT2D eigenvalue weighted by molar-refractivity contribution is 9.10. The molecule has 0 fully saturated rings. The van der Waals surface area contributed by atoms with Gasteiger partial charge in [0.2, 0.25) is 0 Å². The Hall–Kier alpha value is -0.540. The van der Waals surface area contributed by atoms with Gasteiger partial charge in [0.15, 0.2) is 0 Å². The third kappa shape index (κ3) is 4.54. The molecule has 1 rings (SSSR count). The van der Waals surface area contributed by atoms with Crippen molar-refractivity contribution in [3.05, 3.63) is 28.7 Å². The van der Waals surface area contributed by atoms with Crippen LogP contribution in [0.4, 0.5) is 5.69 Å². The van der Waals surface area contributed by atoms with Crippen molar-refractivity contribution in [2.75, 3.05) is 24.6 Å². The standard InChI is InChI=1S/C13H20BrNO/c1-2-15(9-4-3-5-10-16)13-8-6-7-12(14)11-13/h6-8,11,16H,2-5,9-10H2,1H3. The Bertz CT molecular complexity index is 304. The van der Waals surface area contributed by atoms with Gasteiger partial charge in [-0.1, -0.05) is 22.0 Å². The van der Waals surface area contributed by atoms with Gasteiger partial charge in [0.1, 0.15) is 0 Å². The highest BCUT2D eigenvalue weighted by atomic mass is 79.9. The second-order valence-electron chi connectivity index (χ2n) is 3.84. The maximum Gasteiger partial charge on any atom is 0.0431 e. The second-order valence-corrected chi connectivity index (χ2v) is 4.76. The number of aliphatic hydroxyl groups is 1. The molecule has 90 valence electrons. The molecule has 0 aliphatic rings. The average Bonchev–Trinajstić information content (AvgIpc) is 2.29. The van der Waals surface area contributed by atoms with Gasteiger partial charge in [0, 0.05) is 29.9 Å². The lowest BCUT2D eigenvalue weighted by Gasteiger charge is -2.23. The normalized spacial score (nSPS) is 10.4. The number of unbranched alkanes of at least 4 members (excludes halogenated alkanes) is 2. The molecule has 3 heteroatoms. The monoisotopic (exact) mass is 285 g/mol. The quantitative estimate of drug-likeness (QED) is 0.776. The van der Waals surface area contributed by atoms with Crippen LogP contribution in [0.2, 0.25) is 0 Å². The lowest BCUT2D eigenvalue weighted by molar-refractivity contribution is 0.283. The summed E-state index contributed by atoms with van der Waals surface area (Å²) in [6.45, 7) is 4.57. The minimum atomic E-state index is 0.309. The van der Waals surface area contributed by atoms with Crippen molar-refractivity contribution in [3.8, 4) is 0 Å². The Balaban J connectivity index is 2.47. The number of aliphatic hydroxyl groups excluding tert-OH is 1. The minimum absolute atomic E-state index is 0.309. The van der Waals surface area contributed by atoms with Crippen molar-refractivity contribution in [2.24, 2.45) is 0 Å². The Kier molecular flexibility index (Phi) is 6.50. The molecule has 1 aromatic rings. The van der Waals surface area contributed by atoms with Crippen LogP contribution in [-0.4, -0.2) is 24.8 Å². The fourth-order valence-electron chi connectivity index (χ4n) is 1.73. The molecule has 2 nitrogen and oxygen atoms in total. The molecule has 0 atom stereocenters.